The van der Waals surface area contributed by atoms with Crippen molar-refractivity contribution >= 4 is 11.4 Å². The first-order valence-electron chi connectivity index (χ1n) is 7.00. The summed E-state index contributed by atoms with van der Waals surface area (Å²) >= 11 is 0. The van der Waals surface area contributed by atoms with Crippen LogP contribution in [-0.4, -0.2) is 19.9 Å². The van der Waals surface area contributed by atoms with Crippen LogP contribution in [0.4, 0.5) is 11.4 Å². The molecule has 3 aromatic rings. The van der Waals surface area contributed by atoms with Crippen molar-refractivity contribution in [3.05, 3.63) is 64.2 Å². The van der Waals surface area contributed by atoms with E-state index in [1.54, 1.807) is 31.3 Å². The lowest BCUT2D eigenvalue weighted by Crippen LogP contribution is -2.15. The highest BCUT2D eigenvalue weighted by molar-refractivity contribution is 5.44. The molecule has 2 aromatic heterocycles. The summed E-state index contributed by atoms with van der Waals surface area (Å²) in [6.45, 7) is 3.68. The summed E-state index contributed by atoms with van der Waals surface area (Å²) in [7, 11) is 0. The monoisotopic (exact) mass is 309 g/mol. The van der Waals surface area contributed by atoms with Crippen LogP contribution in [0.1, 0.15) is 11.3 Å². The van der Waals surface area contributed by atoms with Crippen molar-refractivity contribution in [3.8, 4) is 11.6 Å². The van der Waals surface area contributed by atoms with E-state index in [9.17, 15) is 9.90 Å². The van der Waals surface area contributed by atoms with Gasteiger partial charge in [0.25, 0.3) is 0 Å². The number of hydrogen-bond donors (Lipinski definition) is 2. The molecule has 1 aromatic carbocycles. The van der Waals surface area contributed by atoms with Crippen LogP contribution >= 0.6 is 0 Å². The van der Waals surface area contributed by atoms with Crippen molar-refractivity contribution in [1.82, 2.24) is 14.8 Å². The van der Waals surface area contributed by atoms with E-state index < -0.39 is 0 Å². The number of nitrogens with one attached hydrogen (secondary N) is 1. The van der Waals surface area contributed by atoms with E-state index in [2.05, 4.69) is 20.3 Å². The number of phenols is 1. The molecule has 2 N–H and O–H groups in total. The molecule has 7 nitrogen and oxygen atoms in total. The Labute approximate surface area is 132 Å². The fourth-order valence-corrected chi connectivity index (χ4v) is 2.09. The van der Waals surface area contributed by atoms with Gasteiger partial charge in [-0.05, 0) is 55.8 Å². The van der Waals surface area contributed by atoms with Crippen molar-refractivity contribution in [3.63, 3.8) is 0 Å². The lowest BCUT2D eigenvalue weighted by Gasteiger charge is -2.00. The molecule has 0 saturated carbocycles. The minimum atomic E-state index is -0.317. The molecule has 0 radical (unpaired) electrons. The van der Waals surface area contributed by atoms with Crippen LogP contribution in [-0.2, 0) is 0 Å². The number of H-pyrrole nitrogens is 1. The van der Waals surface area contributed by atoms with Crippen molar-refractivity contribution in [2.45, 2.75) is 13.8 Å². The highest BCUT2D eigenvalue weighted by Gasteiger charge is 2.12. The average Bonchev–Trinajstić information content (AvgIpc) is 2.82. The molecule has 0 aliphatic heterocycles. The number of rotatable bonds is 3. The Kier molecular flexibility index (Phi) is 3.76. The highest BCUT2D eigenvalue weighted by Crippen LogP contribution is 2.20. The maximum Gasteiger partial charge on any atom is 0.300 e. The van der Waals surface area contributed by atoms with Gasteiger partial charge < -0.3 is 5.11 Å². The van der Waals surface area contributed by atoms with Crippen LogP contribution in [0.2, 0.25) is 0 Å². The van der Waals surface area contributed by atoms with E-state index in [0.717, 1.165) is 5.56 Å². The van der Waals surface area contributed by atoms with Gasteiger partial charge in [0.15, 0.2) is 11.5 Å². The van der Waals surface area contributed by atoms with Gasteiger partial charge in [-0.2, -0.15) is 9.80 Å². The van der Waals surface area contributed by atoms with Crippen LogP contribution in [0.5, 0.6) is 5.75 Å². The van der Waals surface area contributed by atoms with Gasteiger partial charge in [0.05, 0.1) is 11.4 Å². The molecule has 116 valence electrons. The van der Waals surface area contributed by atoms with Crippen LogP contribution in [0.15, 0.2) is 57.6 Å². The summed E-state index contributed by atoms with van der Waals surface area (Å²) in [5, 5.41) is 20.2. The molecule has 3 rings (SSSR count). The van der Waals surface area contributed by atoms with Crippen molar-refractivity contribution < 1.29 is 5.11 Å². The Morgan fingerprint density at radius 3 is 2.57 bits per heavy atom. The lowest BCUT2D eigenvalue weighted by atomic mass is 10.3. The van der Waals surface area contributed by atoms with E-state index in [1.807, 2.05) is 13.0 Å². The molecule has 0 amide bonds. The number of aryl methyl sites for hydroxylation is 2. The second-order valence-electron chi connectivity index (χ2n) is 5.13. The molecular formula is C16H15N5O2. The zero-order chi connectivity index (χ0) is 16.4. The molecule has 0 fully saturated rings. The largest absolute Gasteiger partial charge is 0.508 e. The van der Waals surface area contributed by atoms with Crippen molar-refractivity contribution in [1.29, 1.82) is 0 Å². The maximum absolute atomic E-state index is 12.5. The van der Waals surface area contributed by atoms with E-state index in [4.69, 9.17) is 0 Å². The molecular weight excluding hydrogens is 294 g/mol. The first kappa shape index (κ1) is 14.7. The number of hydrogen-bond acceptors (Lipinski definition) is 5. The Morgan fingerprint density at radius 1 is 1.13 bits per heavy atom. The zero-order valence-corrected chi connectivity index (χ0v) is 12.7. The molecule has 0 bridgehead atoms. The van der Waals surface area contributed by atoms with Gasteiger partial charge in [-0.15, -0.1) is 5.11 Å². The summed E-state index contributed by atoms with van der Waals surface area (Å²) in [6.07, 6.45) is 1.64. The molecule has 0 spiro atoms. The standard InChI is InChI=1S/C16H15N5O2/c1-10-7-8-17-14(9-10)21-16(23)15(11(2)20-21)19-18-12-3-5-13(22)6-4-12/h3-9,20,22H,1-2H3. The summed E-state index contributed by atoms with van der Waals surface area (Å²) < 4.78 is 1.34. The van der Waals surface area contributed by atoms with E-state index >= 15 is 0 Å². The Balaban J connectivity index is 1.98. The predicted octanol–water partition coefficient (Wildman–Crippen LogP) is 3.30. The highest BCUT2D eigenvalue weighted by atomic mass is 16.3. The molecule has 0 aliphatic rings. The maximum atomic E-state index is 12.5. The fourth-order valence-electron chi connectivity index (χ4n) is 2.09. The second-order valence-corrected chi connectivity index (χ2v) is 5.13. The topological polar surface area (TPSA) is 95.6 Å². The molecule has 0 atom stereocenters. The predicted molar refractivity (Wildman–Crippen MR) is 85.9 cm³/mol. The molecule has 2 heterocycles. The van der Waals surface area contributed by atoms with Gasteiger partial charge in [-0.25, -0.2) is 4.98 Å². The Bertz CT molecular complexity index is 922. The number of phenolic OH excluding ortho intramolecular Hbond substituents is 1. The normalized spacial score (nSPS) is 11.2. The molecule has 7 heteroatoms. The van der Waals surface area contributed by atoms with Crippen molar-refractivity contribution in [2.24, 2.45) is 10.2 Å². The third-order valence-electron chi connectivity index (χ3n) is 3.29. The van der Waals surface area contributed by atoms with Crippen LogP contribution < -0.4 is 5.56 Å². The number of nitrogens with zero attached hydrogens (tertiary/aromatic N) is 4. The minimum absolute atomic E-state index is 0.148. The van der Waals surface area contributed by atoms with Gasteiger partial charge in [-0.3, -0.25) is 9.89 Å². The SMILES string of the molecule is Cc1ccnc(-n2[nH]c(C)c(N=Nc3ccc(O)cc3)c2=O)c1. The average molecular weight is 309 g/mol. The number of benzene rings is 1. The lowest BCUT2D eigenvalue weighted by molar-refractivity contribution is 0.475. The molecule has 0 saturated heterocycles. The number of aromatic hydroxyl groups is 1. The number of pyridine rings is 1. The van der Waals surface area contributed by atoms with Crippen LogP contribution in [0, 0.1) is 13.8 Å². The van der Waals surface area contributed by atoms with Crippen LogP contribution in [0.3, 0.4) is 0 Å². The first-order chi connectivity index (χ1) is 11.0. The van der Waals surface area contributed by atoms with E-state index in [-0.39, 0.29) is 17.0 Å². The smallest absolute Gasteiger partial charge is 0.300 e. The first-order valence-corrected chi connectivity index (χ1v) is 7.00. The fraction of sp³-hybridized carbons (Fsp3) is 0.125. The second kappa shape index (κ2) is 5.88. The number of aromatic nitrogens is 3. The summed E-state index contributed by atoms with van der Waals surface area (Å²) in [5.41, 5.74) is 2.05. The summed E-state index contributed by atoms with van der Waals surface area (Å²) in [6, 6.07) is 9.90. The van der Waals surface area contributed by atoms with Gasteiger partial charge in [0, 0.05) is 6.20 Å². The van der Waals surface area contributed by atoms with Crippen molar-refractivity contribution in [2.75, 3.05) is 0 Å². The summed E-state index contributed by atoms with van der Waals surface area (Å²) in [4.78, 5) is 16.7. The quantitative estimate of drug-likeness (QED) is 0.726. The number of aromatic amines is 1. The van der Waals surface area contributed by atoms with Gasteiger partial charge in [0.1, 0.15) is 5.75 Å². The summed E-state index contributed by atoms with van der Waals surface area (Å²) in [5.74, 6) is 0.652. The van der Waals surface area contributed by atoms with Gasteiger partial charge in [-0.1, -0.05) is 0 Å². The third-order valence-corrected chi connectivity index (χ3v) is 3.29. The molecule has 0 unspecified atom stereocenters. The third kappa shape index (κ3) is 3.03. The van der Waals surface area contributed by atoms with E-state index in [0.29, 0.717) is 17.2 Å². The van der Waals surface area contributed by atoms with Gasteiger partial charge in [0.2, 0.25) is 0 Å². The molecule has 23 heavy (non-hydrogen) atoms. The Hall–Kier alpha value is -3.22. The van der Waals surface area contributed by atoms with Crippen LogP contribution in [0.25, 0.3) is 5.82 Å². The number of azo groups is 1. The minimum Gasteiger partial charge on any atom is -0.508 e. The van der Waals surface area contributed by atoms with E-state index in [1.165, 1.54) is 16.8 Å². The Morgan fingerprint density at radius 2 is 1.87 bits per heavy atom. The van der Waals surface area contributed by atoms with Gasteiger partial charge >= 0.3 is 5.56 Å². The zero-order valence-electron chi connectivity index (χ0n) is 12.7. The molecule has 0 aliphatic carbocycles.